The minimum absolute atomic E-state index is 0.00540. The Labute approximate surface area is 140 Å². The number of urea groups is 1. The smallest absolute Gasteiger partial charge is 0.315 e. The number of hydrogen-bond acceptors (Lipinski definition) is 2. The highest BCUT2D eigenvalue weighted by Crippen LogP contribution is 2.40. The van der Waals surface area contributed by atoms with E-state index in [4.69, 9.17) is 0 Å². The second-order valence-corrected chi connectivity index (χ2v) is 6.15. The number of aliphatic hydroxyl groups is 1. The van der Waals surface area contributed by atoms with Crippen LogP contribution in [-0.4, -0.2) is 17.7 Å². The second-order valence-electron chi connectivity index (χ2n) is 6.15. The molecular formula is C19H21FN2O2. The van der Waals surface area contributed by atoms with Gasteiger partial charge in [-0.1, -0.05) is 42.5 Å². The molecule has 126 valence electrons. The number of nitrogens with one attached hydrogen (secondary N) is 2. The molecule has 1 aliphatic rings. The van der Waals surface area contributed by atoms with Crippen molar-refractivity contribution in [3.8, 4) is 0 Å². The summed E-state index contributed by atoms with van der Waals surface area (Å²) in [6, 6.07) is 15.2. The van der Waals surface area contributed by atoms with E-state index in [9.17, 15) is 14.3 Å². The van der Waals surface area contributed by atoms with Crippen LogP contribution in [0.4, 0.5) is 9.18 Å². The molecular weight excluding hydrogens is 307 g/mol. The average molecular weight is 328 g/mol. The number of benzene rings is 2. The summed E-state index contributed by atoms with van der Waals surface area (Å²) in [5.41, 5.74) is 1.66. The van der Waals surface area contributed by atoms with Crippen LogP contribution in [0.3, 0.4) is 0 Å². The third-order valence-electron chi connectivity index (χ3n) is 4.25. The number of rotatable bonds is 6. The average Bonchev–Trinajstić information content (AvgIpc) is 3.44. The molecule has 0 aromatic heterocycles. The van der Waals surface area contributed by atoms with E-state index < -0.39 is 6.10 Å². The van der Waals surface area contributed by atoms with Gasteiger partial charge in [0.2, 0.25) is 0 Å². The first kappa shape index (κ1) is 16.5. The molecule has 0 aliphatic heterocycles. The van der Waals surface area contributed by atoms with E-state index in [-0.39, 0.29) is 24.4 Å². The van der Waals surface area contributed by atoms with Crippen molar-refractivity contribution in [2.45, 2.75) is 25.0 Å². The third-order valence-corrected chi connectivity index (χ3v) is 4.25. The van der Waals surface area contributed by atoms with Crippen LogP contribution in [-0.2, 0) is 0 Å². The molecule has 2 amide bonds. The molecule has 0 heterocycles. The summed E-state index contributed by atoms with van der Waals surface area (Å²) in [4.78, 5) is 12.2. The maximum atomic E-state index is 12.9. The lowest BCUT2D eigenvalue weighted by Gasteiger charge is -2.20. The van der Waals surface area contributed by atoms with Crippen LogP contribution < -0.4 is 10.6 Å². The molecule has 4 nitrogen and oxygen atoms in total. The first-order chi connectivity index (χ1) is 11.6. The minimum atomic E-state index is -0.868. The standard InChI is InChI=1S/C19H21FN2O2/c20-16-10-8-13(9-11-16)17(23)12-21-19(24)22-18(15-6-7-15)14-4-2-1-3-5-14/h1-5,8-11,15,17-18,23H,6-7,12H2,(H2,21,22,24). The van der Waals surface area contributed by atoms with E-state index in [1.165, 1.54) is 24.3 Å². The molecule has 0 bridgehead atoms. The maximum absolute atomic E-state index is 12.9. The van der Waals surface area contributed by atoms with E-state index in [0.29, 0.717) is 11.5 Å². The fraction of sp³-hybridized carbons (Fsp3) is 0.316. The van der Waals surface area contributed by atoms with Gasteiger partial charge in [-0.25, -0.2) is 9.18 Å². The molecule has 1 saturated carbocycles. The summed E-state index contributed by atoms with van der Waals surface area (Å²) in [6.07, 6.45) is 1.35. The van der Waals surface area contributed by atoms with Gasteiger partial charge < -0.3 is 15.7 Å². The Morgan fingerprint density at radius 3 is 2.38 bits per heavy atom. The lowest BCUT2D eigenvalue weighted by Crippen LogP contribution is -2.40. The van der Waals surface area contributed by atoms with Gasteiger partial charge >= 0.3 is 6.03 Å². The Hall–Kier alpha value is -2.40. The van der Waals surface area contributed by atoms with Gasteiger partial charge in [-0.15, -0.1) is 0 Å². The van der Waals surface area contributed by atoms with Gasteiger partial charge in [-0.2, -0.15) is 0 Å². The highest BCUT2D eigenvalue weighted by molar-refractivity contribution is 5.74. The van der Waals surface area contributed by atoms with E-state index in [0.717, 1.165) is 18.4 Å². The van der Waals surface area contributed by atoms with Gasteiger partial charge in [-0.3, -0.25) is 0 Å². The lowest BCUT2D eigenvalue weighted by molar-refractivity contribution is 0.172. The van der Waals surface area contributed by atoms with Crippen molar-refractivity contribution in [2.24, 2.45) is 5.92 Å². The highest BCUT2D eigenvalue weighted by atomic mass is 19.1. The Kier molecular flexibility index (Phi) is 5.11. The Bertz CT molecular complexity index is 672. The van der Waals surface area contributed by atoms with Crippen molar-refractivity contribution in [3.63, 3.8) is 0 Å². The van der Waals surface area contributed by atoms with Crippen molar-refractivity contribution >= 4 is 6.03 Å². The number of amides is 2. The van der Waals surface area contributed by atoms with E-state index in [1.54, 1.807) is 0 Å². The summed E-state index contributed by atoms with van der Waals surface area (Å²) in [5.74, 6) is 0.118. The summed E-state index contributed by atoms with van der Waals surface area (Å²) in [7, 11) is 0. The lowest BCUT2D eigenvalue weighted by atomic mass is 10.0. The van der Waals surface area contributed by atoms with Crippen LogP contribution >= 0.6 is 0 Å². The van der Waals surface area contributed by atoms with Gasteiger partial charge in [0, 0.05) is 6.54 Å². The zero-order valence-corrected chi connectivity index (χ0v) is 13.3. The predicted octanol–water partition coefficient (Wildman–Crippen LogP) is 3.31. The molecule has 2 atom stereocenters. The number of carbonyl (C=O) groups excluding carboxylic acids is 1. The van der Waals surface area contributed by atoms with Gasteiger partial charge in [0.1, 0.15) is 5.82 Å². The predicted molar refractivity (Wildman–Crippen MR) is 89.8 cm³/mol. The van der Waals surface area contributed by atoms with Gasteiger partial charge in [0.25, 0.3) is 0 Å². The SMILES string of the molecule is O=C(NCC(O)c1ccc(F)cc1)NC(c1ccccc1)C1CC1. The fourth-order valence-electron chi connectivity index (χ4n) is 2.75. The van der Waals surface area contributed by atoms with Crippen LogP contribution in [0.5, 0.6) is 0 Å². The third kappa shape index (κ3) is 4.32. The Morgan fingerprint density at radius 1 is 1.08 bits per heavy atom. The van der Waals surface area contributed by atoms with Crippen LogP contribution in [0.25, 0.3) is 0 Å². The van der Waals surface area contributed by atoms with E-state index >= 15 is 0 Å². The number of aliphatic hydroxyl groups excluding tert-OH is 1. The molecule has 2 aromatic carbocycles. The Balaban J connectivity index is 1.53. The van der Waals surface area contributed by atoms with Crippen LogP contribution in [0.15, 0.2) is 54.6 Å². The Morgan fingerprint density at radius 2 is 1.75 bits per heavy atom. The quantitative estimate of drug-likeness (QED) is 0.762. The zero-order chi connectivity index (χ0) is 16.9. The number of carbonyl (C=O) groups is 1. The van der Waals surface area contributed by atoms with Crippen molar-refractivity contribution in [1.82, 2.24) is 10.6 Å². The second kappa shape index (κ2) is 7.45. The first-order valence-corrected chi connectivity index (χ1v) is 8.16. The van der Waals surface area contributed by atoms with Crippen molar-refractivity contribution < 1.29 is 14.3 Å². The van der Waals surface area contributed by atoms with Crippen LogP contribution in [0.2, 0.25) is 0 Å². The highest BCUT2D eigenvalue weighted by Gasteiger charge is 2.33. The monoisotopic (exact) mass is 328 g/mol. The zero-order valence-electron chi connectivity index (χ0n) is 13.3. The molecule has 1 aliphatic carbocycles. The molecule has 2 unspecified atom stereocenters. The van der Waals surface area contributed by atoms with Crippen molar-refractivity contribution in [1.29, 1.82) is 0 Å². The molecule has 5 heteroatoms. The largest absolute Gasteiger partial charge is 0.387 e. The van der Waals surface area contributed by atoms with Gasteiger partial charge in [-0.05, 0) is 42.0 Å². The maximum Gasteiger partial charge on any atom is 0.315 e. The number of halogens is 1. The van der Waals surface area contributed by atoms with Gasteiger partial charge in [0.05, 0.1) is 12.1 Å². The van der Waals surface area contributed by atoms with E-state index in [1.807, 2.05) is 30.3 Å². The summed E-state index contributed by atoms with van der Waals surface area (Å²) in [5, 5.41) is 15.7. The van der Waals surface area contributed by atoms with Gasteiger partial charge in [0.15, 0.2) is 0 Å². The molecule has 2 aromatic rings. The molecule has 3 N–H and O–H groups in total. The fourth-order valence-corrected chi connectivity index (χ4v) is 2.75. The first-order valence-electron chi connectivity index (χ1n) is 8.16. The minimum Gasteiger partial charge on any atom is -0.387 e. The molecule has 24 heavy (non-hydrogen) atoms. The van der Waals surface area contributed by atoms with Crippen LogP contribution in [0.1, 0.15) is 36.1 Å². The normalized spacial score (nSPS) is 16.2. The molecule has 3 rings (SSSR count). The summed E-state index contributed by atoms with van der Waals surface area (Å²) < 4.78 is 12.9. The number of hydrogen-bond donors (Lipinski definition) is 3. The molecule has 0 radical (unpaired) electrons. The van der Waals surface area contributed by atoms with Crippen molar-refractivity contribution in [2.75, 3.05) is 6.54 Å². The summed E-state index contributed by atoms with van der Waals surface area (Å²) >= 11 is 0. The van der Waals surface area contributed by atoms with Crippen LogP contribution in [0, 0.1) is 11.7 Å². The molecule has 1 fully saturated rings. The van der Waals surface area contributed by atoms with E-state index in [2.05, 4.69) is 10.6 Å². The van der Waals surface area contributed by atoms with Crippen molar-refractivity contribution in [3.05, 3.63) is 71.5 Å². The molecule has 0 spiro atoms. The summed E-state index contributed by atoms with van der Waals surface area (Å²) in [6.45, 7) is 0.0731. The molecule has 0 saturated heterocycles. The topological polar surface area (TPSA) is 61.4 Å².